The summed E-state index contributed by atoms with van der Waals surface area (Å²) in [6.07, 6.45) is 0.698. The van der Waals surface area contributed by atoms with E-state index in [9.17, 15) is 4.79 Å². The fourth-order valence-electron chi connectivity index (χ4n) is 4.77. The van der Waals surface area contributed by atoms with Crippen LogP contribution >= 0.6 is 23.2 Å². The summed E-state index contributed by atoms with van der Waals surface area (Å²) in [5.41, 5.74) is 7.86. The highest BCUT2D eigenvalue weighted by Crippen LogP contribution is 2.51. The van der Waals surface area contributed by atoms with Gasteiger partial charge in [-0.1, -0.05) is 68.8 Å². The van der Waals surface area contributed by atoms with Gasteiger partial charge in [0.25, 0.3) is 0 Å². The van der Waals surface area contributed by atoms with Crippen LogP contribution in [-0.4, -0.2) is 25.2 Å². The van der Waals surface area contributed by atoms with Crippen LogP contribution in [0.1, 0.15) is 51.2 Å². The molecule has 0 amide bonds. The monoisotopic (exact) mass is 490 g/mol. The predicted molar refractivity (Wildman–Crippen MR) is 134 cm³/mol. The Morgan fingerprint density at radius 1 is 1.18 bits per heavy atom. The van der Waals surface area contributed by atoms with Gasteiger partial charge >= 0.3 is 5.97 Å². The van der Waals surface area contributed by atoms with Crippen LogP contribution in [-0.2, 0) is 15.1 Å². The quantitative estimate of drug-likeness (QED) is 0.395. The second kappa shape index (κ2) is 9.67. The number of ether oxygens (including phenoxy) is 2. The van der Waals surface area contributed by atoms with Crippen molar-refractivity contribution in [1.82, 2.24) is 5.32 Å². The minimum absolute atomic E-state index is 0.0754. The van der Waals surface area contributed by atoms with Crippen LogP contribution in [0, 0.1) is 5.41 Å². The van der Waals surface area contributed by atoms with Gasteiger partial charge in [-0.25, -0.2) is 4.79 Å². The maximum Gasteiger partial charge on any atom is 0.328 e. The number of carbonyl (C=O) groups is 1. The minimum Gasteiger partial charge on any atom is -0.496 e. The number of esters is 1. The lowest BCUT2D eigenvalue weighted by Crippen LogP contribution is -2.52. The van der Waals surface area contributed by atoms with E-state index >= 15 is 0 Å². The van der Waals surface area contributed by atoms with E-state index in [2.05, 4.69) is 32.7 Å². The molecule has 1 aliphatic heterocycles. The number of hydrogen-bond donors (Lipinski definition) is 2. The maximum absolute atomic E-state index is 13.3. The zero-order valence-electron chi connectivity index (χ0n) is 19.7. The molecule has 3 rings (SSSR count). The van der Waals surface area contributed by atoms with Crippen molar-refractivity contribution in [3.8, 4) is 5.75 Å². The molecular formula is C26H32Cl2N2O3. The van der Waals surface area contributed by atoms with Crippen LogP contribution in [0.3, 0.4) is 0 Å². The Morgan fingerprint density at radius 2 is 1.85 bits per heavy atom. The Bertz CT molecular complexity index is 1050. The van der Waals surface area contributed by atoms with E-state index in [1.165, 1.54) is 0 Å². The summed E-state index contributed by atoms with van der Waals surface area (Å²) >= 11 is 12.6. The second-order valence-corrected chi connectivity index (χ2v) is 10.8. The van der Waals surface area contributed by atoms with Crippen molar-refractivity contribution >= 4 is 29.2 Å². The van der Waals surface area contributed by atoms with E-state index in [-0.39, 0.29) is 11.5 Å². The first-order valence-corrected chi connectivity index (χ1v) is 11.6. The highest BCUT2D eigenvalue weighted by molar-refractivity contribution is 6.31. The van der Waals surface area contributed by atoms with Gasteiger partial charge < -0.3 is 15.2 Å². The largest absolute Gasteiger partial charge is 0.496 e. The molecule has 33 heavy (non-hydrogen) atoms. The molecule has 0 radical (unpaired) electrons. The number of nitrogens with two attached hydrogens (primary N) is 1. The molecule has 1 fully saturated rings. The lowest BCUT2D eigenvalue weighted by molar-refractivity contribution is -0.142. The lowest BCUT2D eigenvalue weighted by atomic mass is 9.68. The van der Waals surface area contributed by atoms with Gasteiger partial charge in [-0.3, -0.25) is 5.32 Å². The topological polar surface area (TPSA) is 73.6 Å². The van der Waals surface area contributed by atoms with Crippen LogP contribution in [0.4, 0.5) is 0 Å². The Hall–Kier alpha value is -2.05. The molecule has 1 saturated heterocycles. The molecule has 1 heterocycles. The molecule has 4 atom stereocenters. The second-order valence-electron chi connectivity index (χ2n) is 9.90. The zero-order chi connectivity index (χ0) is 24.6. The molecule has 3 N–H and O–H groups in total. The summed E-state index contributed by atoms with van der Waals surface area (Å²) < 4.78 is 11.2. The molecule has 0 spiro atoms. The molecule has 5 nitrogen and oxygen atoms in total. The first kappa shape index (κ1) is 25.6. The van der Waals surface area contributed by atoms with E-state index in [0.717, 1.165) is 11.1 Å². The Morgan fingerprint density at radius 3 is 2.42 bits per heavy atom. The molecule has 0 unspecified atom stereocenters. The number of carbonyl (C=O) groups excluding carboxylic acids is 1. The Balaban J connectivity index is 2.28. The van der Waals surface area contributed by atoms with E-state index in [1.54, 1.807) is 32.2 Å². The average Bonchev–Trinajstić information content (AvgIpc) is 2.99. The lowest BCUT2D eigenvalue weighted by Gasteiger charge is -2.40. The first-order chi connectivity index (χ1) is 15.4. The third kappa shape index (κ3) is 5.38. The van der Waals surface area contributed by atoms with E-state index in [0.29, 0.717) is 28.0 Å². The summed E-state index contributed by atoms with van der Waals surface area (Å²) in [6.45, 7) is 11.8. The third-order valence-corrected chi connectivity index (χ3v) is 6.46. The molecule has 0 bridgehead atoms. The normalized spacial score (nSPS) is 25.0. The standard InChI is InChI=1S/C26H32Cl2N2O3/c1-15(2)33-24(31)23-22(16-8-7-9-17(27)12-16)26(29,21(30-23)14-25(3,4)5)19-11-10-18(28)13-20(19)32-6/h7-13,21-23,30H,1,14,29H2,2-6H3/t21-,22-,23-,26+/m0/s1. The van der Waals surface area contributed by atoms with Crippen molar-refractivity contribution in [3.05, 3.63) is 76.0 Å². The summed E-state index contributed by atoms with van der Waals surface area (Å²) in [7, 11) is 1.58. The summed E-state index contributed by atoms with van der Waals surface area (Å²) in [4.78, 5) is 13.3. The summed E-state index contributed by atoms with van der Waals surface area (Å²) in [5.74, 6) is -0.0543. The molecule has 7 heteroatoms. The third-order valence-electron chi connectivity index (χ3n) is 5.99. The van der Waals surface area contributed by atoms with Crippen molar-refractivity contribution in [1.29, 1.82) is 0 Å². The van der Waals surface area contributed by atoms with E-state index in [1.807, 2.05) is 24.3 Å². The SMILES string of the molecule is C=C(C)OC(=O)[C@H]1N[C@@H](CC(C)(C)C)[C@](N)(c2ccc(Cl)cc2OC)[C@H]1c1cccc(Cl)c1. The number of hydrogen-bond acceptors (Lipinski definition) is 5. The number of benzene rings is 2. The fourth-order valence-corrected chi connectivity index (χ4v) is 5.13. The van der Waals surface area contributed by atoms with Gasteiger partial charge in [0.15, 0.2) is 0 Å². The van der Waals surface area contributed by atoms with Gasteiger partial charge in [-0.2, -0.15) is 0 Å². The van der Waals surface area contributed by atoms with Crippen molar-refractivity contribution in [3.63, 3.8) is 0 Å². The smallest absolute Gasteiger partial charge is 0.328 e. The van der Waals surface area contributed by atoms with Crippen molar-refractivity contribution in [2.75, 3.05) is 7.11 Å². The predicted octanol–water partition coefficient (Wildman–Crippen LogP) is 5.79. The Labute approximate surface area is 206 Å². The molecule has 2 aromatic rings. The molecule has 0 aliphatic carbocycles. The zero-order valence-corrected chi connectivity index (χ0v) is 21.3. The van der Waals surface area contributed by atoms with Gasteiger partial charge in [-0.15, -0.1) is 0 Å². The molecule has 0 aromatic heterocycles. The average molecular weight is 491 g/mol. The van der Waals surface area contributed by atoms with Crippen molar-refractivity contribution in [2.45, 2.75) is 57.7 Å². The van der Waals surface area contributed by atoms with Crippen molar-refractivity contribution in [2.24, 2.45) is 11.1 Å². The van der Waals surface area contributed by atoms with Crippen molar-refractivity contribution < 1.29 is 14.3 Å². The van der Waals surface area contributed by atoms with E-state index in [4.69, 9.17) is 38.4 Å². The van der Waals surface area contributed by atoms with Gasteiger partial charge in [0.2, 0.25) is 0 Å². The molecule has 0 saturated carbocycles. The summed E-state index contributed by atoms with van der Waals surface area (Å²) in [5, 5.41) is 4.60. The van der Waals surface area contributed by atoms with Gasteiger partial charge in [0.05, 0.1) is 18.4 Å². The number of rotatable bonds is 6. The highest BCUT2D eigenvalue weighted by Gasteiger charge is 2.58. The molecule has 178 valence electrons. The van der Waals surface area contributed by atoms with Crippen LogP contribution < -0.4 is 15.8 Å². The van der Waals surface area contributed by atoms with Gasteiger partial charge in [-0.05, 0) is 48.6 Å². The minimum atomic E-state index is -1.04. The number of allylic oxidation sites excluding steroid dienone is 1. The molecule has 2 aromatic carbocycles. The Kier molecular flexibility index (Phi) is 7.49. The van der Waals surface area contributed by atoms with Crippen LogP contribution in [0.25, 0.3) is 0 Å². The first-order valence-electron chi connectivity index (χ1n) is 10.9. The highest BCUT2D eigenvalue weighted by atomic mass is 35.5. The van der Waals surface area contributed by atoms with Gasteiger partial charge in [0.1, 0.15) is 11.8 Å². The fraction of sp³-hybridized carbons (Fsp3) is 0.423. The van der Waals surface area contributed by atoms with E-state index < -0.39 is 23.5 Å². The number of nitrogens with one attached hydrogen (secondary N) is 1. The molecule has 1 aliphatic rings. The van der Waals surface area contributed by atoms with Crippen LogP contribution in [0.5, 0.6) is 5.75 Å². The molecular weight excluding hydrogens is 459 g/mol. The van der Waals surface area contributed by atoms with Gasteiger partial charge in [0, 0.05) is 27.6 Å². The number of halogens is 2. The maximum atomic E-state index is 13.3. The number of methoxy groups -OCH3 is 1. The summed E-state index contributed by atoms with van der Waals surface area (Å²) in [6, 6.07) is 11.8. The van der Waals surface area contributed by atoms with Crippen LogP contribution in [0.15, 0.2) is 54.8 Å². The van der Waals surface area contributed by atoms with Crippen LogP contribution in [0.2, 0.25) is 10.0 Å².